The lowest BCUT2D eigenvalue weighted by atomic mass is 10.3. The van der Waals surface area contributed by atoms with E-state index in [2.05, 4.69) is 30.6 Å². The number of aromatic amines is 2. The molecule has 0 aliphatic rings. The minimum Gasteiger partial charge on any atom is -0.291 e. The van der Waals surface area contributed by atoms with Gasteiger partial charge in [0.2, 0.25) is 5.82 Å². The molecular formula is C8H7N7OS. The van der Waals surface area contributed by atoms with Crippen molar-refractivity contribution in [1.29, 1.82) is 0 Å². The van der Waals surface area contributed by atoms with Crippen LogP contribution in [0.1, 0.15) is 5.82 Å². The van der Waals surface area contributed by atoms with Gasteiger partial charge in [-0.25, -0.2) is 9.89 Å². The van der Waals surface area contributed by atoms with Gasteiger partial charge in [0.15, 0.2) is 5.82 Å². The van der Waals surface area contributed by atoms with Crippen LogP contribution in [-0.4, -0.2) is 35.4 Å². The highest BCUT2D eigenvalue weighted by Gasteiger charge is 2.07. The van der Waals surface area contributed by atoms with Crippen LogP contribution in [0.2, 0.25) is 0 Å². The van der Waals surface area contributed by atoms with Crippen molar-refractivity contribution >= 4 is 11.3 Å². The fourth-order valence-electron chi connectivity index (χ4n) is 1.33. The zero-order valence-electron chi connectivity index (χ0n) is 8.49. The Labute approximate surface area is 98.3 Å². The van der Waals surface area contributed by atoms with E-state index >= 15 is 0 Å². The lowest BCUT2D eigenvalue weighted by molar-refractivity contribution is 0.555. The molecule has 0 atom stereocenters. The molecular weight excluding hydrogens is 242 g/mol. The molecule has 0 saturated heterocycles. The molecule has 0 bridgehead atoms. The number of nitrogens with one attached hydrogen (secondary N) is 2. The van der Waals surface area contributed by atoms with Crippen LogP contribution in [0.4, 0.5) is 0 Å². The molecule has 86 valence electrons. The Hall–Kier alpha value is -2.29. The molecule has 2 N–H and O–H groups in total. The molecule has 9 heteroatoms. The summed E-state index contributed by atoms with van der Waals surface area (Å²) in [7, 11) is 0. The second kappa shape index (κ2) is 3.94. The van der Waals surface area contributed by atoms with E-state index in [0.29, 0.717) is 11.6 Å². The lowest BCUT2D eigenvalue weighted by Crippen LogP contribution is -2.07. The average Bonchev–Trinajstić information content (AvgIpc) is 3.00. The van der Waals surface area contributed by atoms with Crippen LogP contribution in [0.3, 0.4) is 0 Å². The zero-order chi connectivity index (χ0) is 11.7. The molecule has 0 amide bonds. The first-order chi connectivity index (χ1) is 8.31. The molecule has 0 aliphatic carbocycles. The molecule has 3 heterocycles. The third-order valence-electron chi connectivity index (χ3n) is 2.07. The Kier molecular flexibility index (Phi) is 2.29. The molecule has 8 nitrogen and oxygen atoms in total. The van der Waals surface area contributed by atoms with Gasteiger partial charge in [0, 0.05) is 10.9 Å². The molecule has 17 heavy (non-hydrogen) atoms. The van der Waals surface area contributed by atoms with Gasteiger partial charge in [0.1, 0.15) is 6.54 Å². The van der Waals surface area contributed by atoms with Crippen LogP contribution in [0, 0.1) is 0 Å². The van der Waals surface area contributed by atoms with Crippen molar-refractivity contribution in [3.8, 4) is 11.4 Å². The zero-order valence-corrected chi connectivity index (χ0v) is 9.31. The Morgan fingerprint density at radius 2 is 2.41 bits per heavy atom. The predicted octanol–water partition coefficient (Wildman–Crippen LogP) is -0.139. The van der Waals surface area contributed by atoms with E-state index in [1.807, 2.05) is 16.8 Å². The van der Waals surface area contributed by atoms with Gasteiger partial charge in [-0.2, -0.15) is 21.2 Å². The van der Waals surface area contributed by atoms with Crippen molar-refractivity contribution in [2.45, 2.75) is 6.54 Å². The molecule has 0 saturated carbocycles. The van der Waals surface area contributed by atoms with Crippen LogP contribution in [0.25, 0.3) is 11.4 Å². The van der Waals surface area contributed by atoms with Gasteiger partial charge in [-0.1, -0.05) is 0 Å². The number of nitrogens with zero attached hydrogens (tertiary/aromatic N) is 5. The van der Waals surface area contributed by atoms with Crippen LogP contribution >= 0.6 is 11.3 Å². The van der Waals surface area contributed by atoms with Crippen molar-refractivity contribution < 1.29 is 0 Å². The fourth-order valence-corrected chi connectivity index (χ4v) is 1.97. The second-order valence-electron chi connectivity index (χ2n) is 3.28. The molecule has 0 radical (unpaired) electrons. The smallest absolute Gasteiger partial charge is 0.291 e. The van der Waals surface area contributed by atoms with Gasteiger partial charge < -0.3 is 0 Å². The average molecular weight is 249 g/mol. The maximum Gasteiger partial charge on any atom is 0.340 e. The standard InChI is InChI=1S/C8H7N7OS/c16-8-9-6(10-12-8)3-15-13-7(11-14-15)5-1-2-17-4-5/h1-2,4H,3H2,(H2,9,10,12,16). The number of hydrogen-bond donors (Lipinski definition) is 2. The van der Waals surface area contributed by atoms with Crippen LogP contribution in [0.5, 0.6) is 0 Å². The first-order valence-corrected chi connectivity index (χ1v) is 5.69. The van der Waals surface area contributed by atoms with Crippen LogP contribution in [0.15, 0.2) is 21.6 Å². The largest absolute Gasteiger partial charge is 0.340 e. The number of rotatable bonds is 3. The minimum absolute atomic E-state index is 0.274. The Balaban J connectivity index is 1.83. The van der Waals surface area contributed by atoms with E-state index in [1.54, 1.807) is 11.3 Å². The number of hydrogen-bond acceptors (Lipinski definition) is 6. The van der Waals surface area contributed by atoms with Crippen molar-refractivity contribution in [1.82, 2.24) is 35.4 Å². The summed E-state index contributed by atoms with van der Waals surface area (Å²) in [6.45, 7) is 0.274. The van der Waals surface area contributed by atoms with E-state index in [9.17, 15) is 4.79 Å². The summed E-state index contributed by atoms with van der Waals surface area (Å²) in [5, 5.41) is 21.9. The monoisotopic (exact) mass is 249 g/mol. The molecule has 0 aromatic carbocycles. The number of aromatic nitrogens is 7. The molecule has 0 spiro atoms. The molecule has 0 unspecified atom stereocenters. The van der Waals surface area contributed by atoms with E-state index in [1.165, 1.54) is 4.80 Å². The summed E-state index contributed by atoms with van der Waals surface area (Å²) in [6.07, 6.45) is 0. The van der Waals surface area contributed by atoms with Gasteiger partial charge in [0.05, 0.1) is 0 Å². The minimum atomic E-state index is -0.349. The first-order valence-electron chi connectivity index (χ1n) is 4.75. The van der Waals surface area contributed by atoms with Gasteiger partial charge in [0.25, 0.3) is 0 Å². The third-order valence-corrected chi connectivity index (χ3v) is 2.76. The van der Waals surface area contributed by atoms with E-state index in [4.69, 9.17) is 0 Å². The van der Waals surface area contributed by atoms with Crippen molar-refractivity contribution in [3.05, 3.63) is 33.1 Å². The SMILES string of the molecule is O=c1[nH]nc(Cn2nnc(-c3ccsc3)n2)[nH]1. The predicted molar refractivity (Wildman–Crippen MR) is 59.4 cm³/mol. The number of tetrazole rings is 1. The van der Waals surface area contributed by atoms with E-state index in [-0.39, 0.29) is 12.2 Å². The maximum atomic E-state index is 10.8. The second-order valence-corrected chi connectivity index (χ2v) is 4.06. The molecule has 3 aromatic rings. The summed E-state index contributed by atoms with van der Waals surface area (Å²) in [5.74, 6) is 1.02. The topological polar surface area (TPSA) is 105 Å². The first kappa shape index (κ1) is 9.90. The highest BCUT2D eigenvalue weighted by Crippen LogP contribution is 2.16. The summed E-state index contributed by atoms with van der Waals surface area (Å²) in [6, 6.07) is 1.92. The van der Waals surface area contributed by atoms with Crippen molar-refractivity contribution in [2.75, 3.05) is 0 Å². The fraction of sp³-hybridized carbons (Fsp3) is 0.125. The van der Waals surface area contributed by atoms with Crippen molar-refractivity contribution in [2.24, 2.45) is 0 Å². The molecule has 3 aromatic heterocycles. The Bertz CT molecular complexity index is 664. The number of H-pyrrole nitrogens is 2. The van der Waals surface area contributed by atoms with E-state index < -0.39 is 0 Å². The van der Waals surface area contributed by atoms with Gasteiger partial charge >= 0.3 is 5.69 Å². The summed E-state index contributed by atoms with van der Waals surface area (Å²) < 4.78 is 0. The molecule has 0 fully saturated rings. The molecule has 0 aliphatic heterocycles. The third kappa shape index (κ3) is 1.99. The molecule has 3 rings (SSSR count). The van der Waals surface area contributed by atoms with Gasteiger partial charge in [-0.05, 0) is 16.7 Å². The van der Waals surface area contributed by atoms with Crippen LogP contribution < -0.4 is 5.69 Å². The summed E-state index contributed by atoms with van der Waals surface area (Å²) in [5.41, 5.74) is 0.579. The normalized spacial score (nSPS) is 10.8. The highest BCUT2D eigenvalue weighted by molar-refractivity contribution is 7.08. The quantitative estimate of drug-likeness (QED) is 0.672. The Morgan fingerprint density at radius 3 is 3.12 bits per heavy atom. The van der Waals surface area contributed by atoms with Crippen LogP contribution in [-0.2, 0) is 6.54 Å². The summed E-state index contributed by atoms with van der Waals surface area (Å²) in [4.78, 5) is 14.7. The highest BCUT2D eigenvalue weighted by atomic mass is 32.1. The van der Waals surface area contributed by atoms with Crippen molar-refractivity contribution in [3.63, 3.8) is 0 Å². The van der Waals surface area contributed by atoms with Gasteiger partial charge in [-0.15, -0.1) is 10.2 Å². The van der Waals surface area contributed by atoms with E-state index in [0.717, 1.165) is 5.56 Å². The lowest BCUT2D eigenvalue weighted by Gasteiger charge is -1.91. The Morgan fingerprint density at radius 1 is 1.47 bits per heavy atom. The number of thiophene rings is 1. The summed E-state index contributed by atoms with van der Waals surface area (Å²) >= 11 is 1.57. The maximum absolute atomic E-state index is 10.8. The van der Waals surface area contributed by atoms with Gasteiger partial charge in [-0.3, -0.25) is 4.98 Å².